The number of amides is 6. The normalized spacial score (nSPS) is 17.6. The number of aliphatic imine (C=N–C) groups is 1. The molecule has 6 amide bonds. The summed E-state index contributed by atoms with van der Waals surface area (Å²) in [6.45, 7) is 10.2. The molecule has 2 aromatic carbocycles. The maximum absolute atomic E-state index is 13.5. The van der Waals surface area contributed by atoms with Gasteiger partial charge in [-0.15, -0.1) is 21.5 Å². The summed E-state index contributed by atoms with van der Waals surface area (Å²) in [6, 6.07) is 10.00. The number of hydrazine groups is 1. The number of fused-ring (bicyclic) bond motifs is 4. The Bertz CT molecular complexity index is 2330. The number of anilines is 1. The molecular weight excluding hydrogens is 734 g/mol. The van der Waals surface area contributed by atoms with Gasteiger partial charge in [0.25, 0.3) is 17.7 Å². The third-order valence-electron chi connectivity index (χ3n) is 9.58. The average molecular weight is 768 g/mol. The van der Waals surface area contributed by atoms with Gasteiger partial charge in [0.2, 0.25) is 17.7 Å². The topological polar surface area (TPSA) is 197 Å². The summed E-state index contributed by atoms with van der Waals surface area (Å²) in [5.41, 5.74) is 8.89. The highest BCUT2D eigenvalue weighted by Crippen LogP contribution is 2.40. The second-order valence-corrected chi connectivity index (χ2v) is 14.7. The number of imide groups is 2. The lowest BCUT2D eigenvalue weighted by atomic mass is 9.99. The van der Waals surface area contributed by atoms with Gasteiger partial charge in [0.15, 0.2) is 5.82 Å². The van der Waals surface area contributed by atoms with E-state index in [1.165, 1.54) is 6.07 Å². The van der Waals surface area contributed by atoms with Crippen molar-refractivity contribution in [3.8, 4) is 5.00 Å². The van der Waals surface area contributed by atoms with Gasteiger partial charge >= 0.3 is 0 Å². The zero-order valence-corrected chi connectivity index (χ0v) is 31.0. The number of benzene rings is 2. The number of carbonyl (C=O) groups excluding carboxylic acids is 6. The Morgan fingerprint density at radius 2 is 1.76 bits per heavy atom. The molecule has 0 spiro atoms. The van der Waals surface area contributed by atoms with E-state index in [9.17, 15) is 28.8 Å². The fraction of sp³-hybridized carbons (Fsp3) is 0.270. The quantitative estimate of drug-likeness (QED) is 0.0848. The van der Waals surface area contributed by atoms with Gasteiger partial charge in [0, 0.05) is 51.7 Å². The standard InChI is InChI=1S/C37H34ClN9O6S/c1-17-19(3)54-37-28(17)31(21-10-12-22(38)13-11-21)41-30(32-44-42-20(4)46(32)37)18(2)33(50)45-43-27(49)9-6-16-39-24-8-5-7-23-29(24)36(53)47(35(23)52)25-14-15-26(48)40-34(25)51/h5,7-8,10-13,25,30,39H,2,6,9,14-16H2,1,3-4H3,(H,43,49)(H,45,50)(H,40,48,51)/t25?,30-/m0/s1. The second-order valence-electron chi connectivity index (χ2n) is 13.0. The van der Waals surface area contributed by atoms with Crippen LogP contribution in [0.5, 0.6) is 0 Å². The van der Waals surface area contributed by atoms with Crippen LogP contribution in [0.3, 0.4) is 0 Å². The summed E-state index contributed by atoms with van der Waals surface area (Å²) in [4.78, 5) is 83.8. The molecule has 4 N–H and O–H groups in total. The van der Waals surface area contributed by atoms with E-state index in [1.54, 1.807) is 35.6 Å². The van der Waals surface area contributed by atoms with Gasteiger partial charge < -0.3 is 5.32 Å². The van der Waals surface area contributed by atoms with Crippen LogP contribution in [0.2, 0.25) is 5.02 Å². The molecule has 0 saturated carbocycles. The Kier molecular flexibility index (Phi) is 9.72. The van der Waals surface area contributed by atoms with Crippen LogP contribution in [-0.4, -0.2) is 73.4 Å². The van der Waals surface area contributed by atoms with Gasteiger partial charge in [0.05, 0.1) is 16.8 Å². The van der Waals surface area contributed by atoms with Crippen molar-refractivity contribution in [2.75, 3.05) is 11.9 Å². The summed E-state index contributed by atoms with van der Waals surface area (Å²) in [5, 5.41) is 15.4. The SMILES string of the molecule is C=C(C(=O)NNC(=O)CCCNc1cccc2c1C(=O)N(C1CCC(=O)NC1=O)C2=O)[C@@H]1N=C(c2ccc(Cl)cc2)c2c(sc(C)c2C)-n2c(C)nnc21. The molecule has 3 aliphatic rings. The number of piperidine rings is 1. The molecule has 0 bridgehead atoms. The fourth-order valence-corrected chi connectivity index (χ4v) is 8.03. The molecule has 17 heteroatoms. The molecule has 5 heterocycles. The number of thiophene rings is 1. The lowest BCUT2D eigenvalue weighted by Gasteiger charge is -2.27. The van der Waals surface area contributed by atoms with Crippen molar-refractivity contribution in [2.45, 2.75) is 58.5 Å². The Labute approximate surface area is 317 Å². The maximum atomic E-state index is 13.5. The van der Waals surface area contributed by atoms with Crippen LogP contribution in [0, 0.1) is 20.8 Å². The average Bonchev–Trinajstić information content (AvgIpc) is 3.72. The third kappa shape index (κ3) is 6.47. The third-order valence-corrected chi connectivity index (χ3v) is 11.0. The van der Waals surface area contributed by atoms with Gasteiger partial charge in [-0.25, -0.2) is 0 Å². The molecule has 54 heavy (non-hydrogen) atoms. The predicted molar refractivity (Wildman–Crippen MR) is 200 cm³/mol. The molecule has 4 aromatic rings. The molecule has 2 atom stereocenters. The number of aromatic nitrogens is 3. The Morgan fingerprint density at radius 1 is 1.00 bits per heavy atom. The van der Waals surface area contributed by atoms with Crippen LogP contribution < -0.4 is 21.5 Å². The van der Waals surface area contributed by atoms with E-state index < -0.39 is 47.5 Å². The number of carbonyl (C=O) groups is 6. The van der Waals surface area contributed by atoms with Gasteiger partial charge in [-0.3, -0.25) is 59.4 Å². The first kappa shape index (κ1) is 36.4. The van der Waals surface area contributed by atoms with Crippen molar-refractivity contribution in [3.63, 3.8) is 0 Å². The van der Waals surface area contributed by atoms with Crippen molar-refractivity contribution in [2.24, 2.45) is 4.99 Å². The van der Waals surface area contributed by atoms with E-state index in [-0.39, 0.29) is 42.5 Å². The van der Waals surface area contributed by atoms with E-state index in [4.69, 9.17) is 16.6 Å². The monoisotopic (exact) mass is 767 g/mol. The van der Waals surface area contributed by atoms with Crippen molar-refractivity contribution >= 4 is 69.8 Å². The summed E-state index contributed by atoms with van der Waals surface area (Å²) < 4.78 is 1.89. The van der Waals surface area contributed by atoms with Crippen molar-refractivity contribution in [1.82, 2.24) is 35.8 Å². The van der Waals surface area contributed by atoms with Gasteiger partial charge in [0.1, 0.15) is 22.9 Å². The zero-order valence-electron chi connectivity index (χ0n) is 29.4. The number of aryl methyl sites for hydroxylation is 2. The highest BCUT2D eigenvalue weighted by atomic mass is 35.5. The molecule has 2 aromatic heterocycles. The van der Waals surface area contributed by atoms with E-state index in [0.717, 1.165) is 31.5 Å². The Balaban J connectivity index is 0.992. The van der Waals surface area contributed by atoms with Gasteiger partial charge in [-0.2, -0.15) is 0 Å². The second kappa shape index (κ2) is 14.4. The van der Waals surface area contributed by atoms with Crippen molar-refractivity contribution < 1.29 is 28.8 Å². The molecule has 0 radical (unpaired) electrons. The van der Waals surface area contributed by atoms with Crippen LogP contribution >= 0.6 is 22.9 Å². The number of nitrogens with zero attached hydrogens (tertiary/aromatic N) is 5. The molecule has 7 rings (SSSR count). The van der Waals surface area contributed by atoms with Crippen LogP contribution in [0.1, 0.15) is 85.7 Å². The van der Waals surface area contributed by atoms with Crippen LogP contribution in [0.15, 0.2) is 59.6 Å². The number of hydrogen-bond donors (Lipinski definition) is 4. The van der Waals surface area contributed by atoms with Crippen LogP contribution in [-0.2, 0) is 19.2 Å². The molecule has 276 valence electrons. The Hall–Kier alpha value is -6.00. The van der Waals surface area contributed by atoms with E-state index in [0.29, 0.717) is 34.5 Å². The molecule has 1 fully saturated rings. The number of hydrogen-bond acceptors (Lipinski definition) is 11. The van der Waals surface area contributed by atoms with Crippen LogP contribution in [0.4, 0.5) is 5.69 Å². The summed E-state index contributed by atoms with van der Waals surface area (Å²) in [7, 11) is 0. The number of rotatable bonds is 9. The fourth-order valence-electron chi connectivity index (χ4n) is 6.69. The van der Waals surface area contributed by atoms with Crippen molar-refractivity contribution in [1.29, 1.82) is 0 Å². The predicted octanol–water partition coefficient (Wildman–Crippen LogP) is 3.80. The first-order chi connectivity index (χ1) is 25.8. The molecule has 15 nitrogen and oxygen atoms in total. The van der Waals surface area contributed by atoms with E-state index >= 15 is 0 Å². The zero-order chi connectivity index (χ0) is 38.4. The lowest BCUT2D eigenvalue weighted by molar-refractivity contribution is -0.136. The highest BCUT2D eigenvalue weighted by molar-refractivity contribution is 7.15. The first-order valence-electron chi connectivity index (χ1n) is 17.1. The van der Waals surface area contributed by atoms with E-state index in [1.807, 2.05) is 37.5 Å². The van der Waals surface area contributed by atoms with Gasteiger partial charge in [-0.05, 0) is 63.4 Å². The van der Waals surface area contributed by atoms with E-state index in [2.05, 4.69) is 38.3 Å². The Morgan fingerprint density at radius 3 is 2.50 bits per heavy atom. The first-order valence-corrected chi connectivity index (χ1v) is 18.3. The number of halogens is 1. The van der Waals surface area contributed by atoms with Crippen molar-refractivity contribution in [3.05, 3.63) is 104 Å². The minimum absolute atomic E-state index is 0.00129. The smallest absolute Gasteiger partial charge is 0.267 e. The maximum Gasteiger partial charge on any atom is 0.267 e. The molecule has 1 saturated heterocycles. The van der Waals surface area contributed by atoms with Crippen LogP contribution in [0.25, 0.3) is 5.00 Å². The highest BCUT2D eigenvalue weighted by Gasteiger charge is 2.45. The molecule has 0 aliphatic carbocycles. The molecular formula is C37H34ClN9O6S. The largest absolute Gasteiger partial charge is 0.384 e. The molecule has 1 unspecified atom stereocenters. The summed E-state index contributed by atoms with van der Waals surface area (Å²) >= 11 is 7.78. The minimum atomic E-state index is -1.08. The number of nitrogens with one attached hydrogen (secondary N) is 4. The minimum Gasteiger partial charge on any atom is -0.384 e. The summed E-state index contributed by atoms with van der Waals surface area (Å²) in [6.07, 6.45) is 0.362. The lowest BCUT2D eigenvalue weighted by Crippen LogP contribution is -2.54. The molecule has 3 aliphatic heterocycles. The summed E-state index contributed by atoms with van der Waals surface area (Å²) in [5.74, 6) is -2.53. The van der Waals surface area contributed by atoms with Gasteiger partial charge in [-0.1, -0.05) is 36.4 Å².